The third-order valence-corrected chi connectivity index (χ3v) is 3.42. The monoisotopic (exact) mass is 257 g/mol. The number of carbonyl (C=O) groups is 1. The number of amides is 1. The summed E-state index contributed by atoms with van der Waals surface area (Å²) < 4.78 is 5.35. The Morgan fingerprint density at radius 2 is 2.00 bits per heavy atom. The van der Waals surface area contributed by atoms with Crippen molar-refractivity contribution in [3.63, 3.8) is 0 Å². The summed E-state index contributed by atoms with van der Waals surface area (Å²) in [5, 5.41) is 6.07. The van der Waals surface area contributed by atoms with Crippen molar-refractivity contribution in [3.8, 4) is 0 Å². The highest BCUT2D eigenvalue weighted by atomic mass is 16.5. The molecule has 1 saturated heterocycles. The highest BCUT2D eigenvalue weighted by Gasteiger charge is 2.28. The fourth-order valence-electron chi connectivity index (χ4n) is 2.11. The lowest BCUT2D eigenvalue weighted by Crippen LogP contribution is -2.55. The van der Waals surface area contributed by atoms with E-state index in [0.29, 0.717) is 13.0 Å². The van der Waals surface area contributed by atoms with Crippen molar-refractivity contribution in [2.75, 3.05) is 46.4 Å². The van der Waals surface area contributed by atoms with Gasteiger partial charge < -0.3 is 15.4 Å². The topological polar surface area (TPSA) is 53.6 Å². The average molecular weight is 257 g/mol. The van der Waals surface area contributed by atoms with E-state index in [1.54, 1.807) is 0 Å². The molecule has 5 heteroatoms. The van der Waals surface area contributed by atoms with E-state index in [-0.39, 0.29) is 11.4 Å². The molecule has 1 aliphatic heterocycles. The van der Waals surface area contributed by atoms with Crippen molar-refractivity contribution in [2.45, 2.75) is 32.2 Å². The van der Waals surface area contributed by atoms with Crippen molar-refractivity contribution < 1.29 is 9.53 Å². The van der Waals surface area contributed by atoms with Gasteiger partial charge in [0, 0.05) is 31.6 Å². The first kappa shape index (κ1) is 15.4. The second-order valence-corrected chi connectivity index (χ2v) is 5.40. The van der Waals surface area contributed by atoms with Crippen LogP contribution in [-0.4, -0.2) is 62.8 Å². The second kappa shape index (κ2) is 7.71. The molecule has 0 aliphatic carbocycles. The number of ether oxygens (including phenoxy) is 1. The summed E-state index contributed by atoms with van der Waals surface area (Å²) in [7, 11) is 1.90. The largest absolute Gasteiger partial charge is 0.379 e. The van der Waals surface area contributed by atoms with Crippen LogP contribution in [0.15, 0.2) is 0 Å². The summed E-state index contributed by atoms with van der Waals surface area (Å²) in [4.78, 5) is 14.0. The van der Waals surface area contributed by atoms with E-state index >= 15 is 0 Å². The van der Waals surface area contributed by atoms with Crippen molar-refractivity contribution in [3.05, 3.63) is 0 Å². The van der Waals surface area contributed by atoms with Gasteiger partial charge in [0.25, 0.3) is 0 Å². The SMILES string of the molecule is CNCCCC(=O)NCC(C)(C)N1CCOCC1. The van der Waals surface area contributed by atoms with E-state index in [9.17, 15) is 4.79 Å². The molecule has 2 N–H and O–H groups in total. The van der Waals surface area contributed by atoms with Crippen molar-refractivity contribution >= 4 is 5.91 Å². The summed E-state index contributed by atoms with van der Waals surface area (Å²) >= 11 is 0. The Kier molecular flexibility index (Phi) is 6.60. The third-order valence-electron chi connectivity index (χ3n) is 3.42. The van der Waals surface area contributed by atoms with E-state index in [2.05, 4.69) is 29.4 Å². The fraction of sp³-hybridized carbons (Fsp3) is 0.923. The highest BCUT2D eigenvalue weighted by Crippen LogP contribution is 2.15. The molecule has 106 valence electrons. The molecule has 0 spiro atoms. The van der Waals surface area contributed by atoms with Crippen LogP contribution >= 0.6 is 0 Å². The minimum Gasteiger partial charge on any atom is -0.379 e. The molecule has 0 aromatic carbocycles. The molecular formula is C13H27N3O2. The molecule has 0 aromatic heterocycles. The zero-order valence-corrected chi connectivity index (χ0v) is 11.9. The lowest BCUT2D eigenvalue weighted by atomic mass is 10.0. The number of nitrogens with zero attached hydrogens (tertiary/aromatic N) is 1. The Bertz CT molecular complexity index is 251. The van der Waals surface area contributed by atoms with Gasteiger partial charge in [-0.2, -0.15) is 0 Å². The van der Waals surface area contributed by atoms with Crippen LogP contribution in [0.1, 0.15) is 26.7 Å². The maximum absolute atomic E-state index is 11.7. The minimum absolute atomic E-state index is 0.00243. The van der Waals surface area contributed by atoms with Crippen molar-refractivity contribution in [1.29, 1.82) is 0 Å². The molecule has 0 radical (unpaired) electrons. The van der Waals surface area contributed by atoms with E-state index in [0.717, 1.165) is 39.3 Å². The maximum atomic E-state index is 11.7. The van der Waals surface area contributed by atoms with Gasteiger partial charge in [0.2, 0.25) is 5.91 Å². The molecule has 0 atom stereocenters. The number of morpholine rings is 1. The van der Waals surface area contributed by atoms with E-state index in [1.165, 1.54) is 0 Å². The van der Waals surface area contributed by atoms with Gasteiger partial charge in [-0.25, -0.2) is 0 Å². The minimum atomic E-state index is 0.00243. The smallest absolute Gasteiger partial charge is 0.220 e. The maximum Gasteiger partial charge on any atom is 0.220 e. The molecule has 0 unspecified atom stereocenters. The van der Waals surface area contributed by atoms with E-state index in [1.807, 2.05) is 7.05 Å². The van der Waals surface area contributed by atoms with Gasteiger partial charge in [-0.05, 0) is 33.9 Å². The predicted molar refractivity (Wildman–Crippen MR) is 72.6 cm³/mol. The average Bonchev–Trinajstić information content (AvgIpc) is 2.38. The van der Waals surface area contributed by atoms with Crippen LogP contribution in [0.4, 0.5) is 0 Å². The number of hydrogen-bond acceptors (Lipinski definition) is 4. The lowest BCUT2D eigenvalue weighted by molar-refractivity contribution is -0.122. The van der Waals surface area contributed by atoms with Crippen molar-refractivity contribution in [2.24, 2.45) is 0 Å². The Morgan fingerprint density at radius 1 is 1.33 bits per heavy atom. The summed E-state index contributed by atoms with van der Waals surface area (Å²) in [5.41, 5.74) is 0.00243. The number of rotatable bonds is 7. The van der Waals surface area contributed by atoms with Crippen LogP contribution in [-0.2, 0) is 9.53 Å². The molecule has 1 fully saturated rings. The van der Waals surface area contributed by atoms with Crippen molar-refractivity contribution in [1.82, 2.24) is 15.5 Å². The summed E-state index contributed by atoms with van der Waals surface area (Å²) in [5.74, 6) is 0.145. The zero-order valence-electron chi connectivity index (χ0n) is 11.9. The molecule has 0 saturated carbocycles. The Labute approximate surface area is 110 Å². The highest BCUT2D eigenvalue weighted by molar-refractivity contribution is 5.75. The summed E-state index contributed by atoms with van der Waals surface area (Å²) in [6.07, 6.45) is 1.49. The molecule has 0 bridgehead atoms. The first-order chi connectivity index (χ1) is 8.56. The lowest BCUT2D eigenvalue weighted by Gasteiger charge is -2.40. The van der Waals surface area contributed by atoms with Crippen LogP contribution in [0, 0.1) is 0 Å². The zero-order chi connectivity index (χ0) is 13.4. The number of hydrogen-bond donors (Lipinski definition) is 2. The Morgan fingerprint density at radius 3 is 2.61 bits per heavy atom. The molecule has 1 rings (SSSR count). The molecular weight excluding hydrogens is 230 g/mol. The molecule has 0 aromatic rings. The quantitative estimate of drug-likeness (QED) is 0.640. The van der Waals surface area contributed by atoms with Crippen LogP contribution in [0.2, 0.25) is 0 Å². The number of nitrogens with one attached hydrogen (secondary N) is 2. The predicted octanol–water partition coefficient (Wildman–Crippen LogP) is 0.213. The Balaban J connectivity index is 2.24. The van der Waals surface area contributed by atoms with Gasteiger partial charge in [0.15, 0.2) is 0 Å². The van der Waals surface area contributed by atoms with Crippen LogP contribution in [0.3, 0.4) is 0 Å². The summed E-state index contributed by atoms with van der Waals surface area (Å²) in [6.45, 7) is 9.41. The van der Waals surface area contributed by atoms with Gasteiger partial charge in [0.05, 0.1) is 13.2 Å². The normalized spacial score (nSPS) is 17.7. The van der Waals surface area contributed by atoms with Gasteiger partial charge in [-0.1, -0.05) is 0 Å². The fourth-order valence-corrected chi connectivity index (χ4v) is 2.11. The Hall–Kier alpha value is -0.650. The second-order valence-electron chi connectivity index (χ2n) is 5.40. The third kappa shape index (κ3) is 5.33. The number of carbonyl (C=O) groups excluding carboxylic acids is 1. The first-order valence-corrected chi connectivity index (χ1v) is 6.80. The van der Waals surface area contributed by atoms with Crippen LogP contribution in [0.5, 0.6) is 0 Å². The van der Waals surface area contributed by atoms with Crippen LogP contribution < -0.4 is 10.6 Å². The molecule has 1 heterocycles. The van der Waals surface area contributed by atoms with E-state index < -0.39 is 0 Å². The van der Waals surface area contributed by atoms with Gasteiger partial charge in [0.1, 0.15) is 0 Å². The summed E-state index contributed by atoms with van der Waals surface area (Å²) in [6, 6.07) is 0. The van der Waals surface area contributed by atoms with Crippen LogP contribution in [0.25, 0.3) is 0 Å². The van der Waals surface area contributed by atoms with Gasteiger partial charge in [-0.15, -0.1) is 0 Å². The molecule has 18 heavy (non-hydrogen) atoms. The molecule has 5 nitrogen and oxygen atoms in total. The molecule has 1 aliphatic rings. The molecule has 1 amide bonds. The first-order valence-electron chi connectivity index (χ1n) is 6.80. The van der Waals surface area contributed by atoms with Gasteiger partial charge >= 0.3 is 0 Å². The van der Waals surface area contributed by atoms with Gasteiger partial charge in [-0.3, -0.25) is 9.69 Å². The van der Waals surface area contributed by atoms with E-state index in [4.69, 9.17) is 4.74 Å². The standard InChI is InChI=1S/C13H27N3O2/c1-13(2,16-7-9-18-10-8-16)11-15-12(17)5-4-6-14-3/h14H,4-11H2,1-3H3,(H,15,17).